The molecule has 0 saturated carbocycles. The molecule has 2 aliphatic rings. The van der Waals surface area contributed by atoms with Gasteiger partial charge in [-0.25, -0.2) is 27.5 Å². The molecule has 0 radical (unpaired) electrons. The number of aromatic nitrogens is 2. The van der Waals surface area contributed by atoms with Crippen molar-refractivity contribution >= 4 is 45.6 Å². The van der Waals surface area contributed by atoms with Gasteiger partial charge < -0.3 is 0 Å². The number of aryl methyl sites for hydroxylation is 1. The van der Waals surface area contributed by atoms with Gasteiger partial charge in [0.1, 0.15) is 29.1 Å². The molecule has 2 heterocycles. The SMILES string of the molecule is Cc1cc(-c2ccc(-c3cc(F)cc(F)c3)cc2)c(N2/C(=C/C=C3C(=O)c4ccccc4C3=O)N(c3c(C(C)C)cccc3C(C)C)c3nc4ccccc4nc32)c(-c2ccc(-c3cc(F)cc(F)c3)cc2)c1. The van der Waals surface area contributed by atoms with E-state index in [0.29, 0.717) is 67.6 Å². The summed E-state index contributed by atoms with van der Waals surface area (Å²) in [4.78, 5) is 43.4. The molecule has 0 fully saturated rings. The van der Waals surface area contributed by atoms with E-state index in [1.54, 1.807) is 30.3 Å². The minimum Gasteiger partial charge on any atom is -0.288 e. The number of Topliss-reactive ketones (excluding diaryl/α,β-unsaturated/α-hetero) is 2. The number of nitrogens with zero attached hydrogens (tertiary/aromatic N) is 4. The third-order valence-electron chi connectivity index (χ3n) is 13.5. The standard InChI is InChI=1S/C63H46F4N4O2/c1-35(2)48-13-10-14-49(36(3)4)58(48)70-57(26-25-52-60(72)50-11-6-7-12-51(50)61(52)73)71(63-62(70)68-55-15-8-9-16-56(55)69-63)59-53(40-21-17-38(18-22-40)42-29-44(64)33-45(65)30-42)27-37(5)28-54(59)41-23-19-39(20-24-41)43-31-46(66)34-47(67)32-43/h6-36H,1-5H3/b57-26+. The summed E-state index contributed by atoms with van der Waals surface area (Å²) in [5.41, 5.74) is 11.4. The molecule has 358 valence electrons. The number of ketones is 2. The van der Waals surface area contributed by atoms with Crippen LogP contribution < -0.4 is 9.80 Å². The summed E-state index contributed by atoms with van der Waals surface area (Å²) in [6.45, 7) is 10.6. The van der Waals surface area contributed by atoms with Gasteiger partial charge in [-0.15, -0.1) is 0 Å². The van der Waals surface area contributed by atoms with E-state index in [9.17, 15) is 27.2 Å². The highest BCUT2D eigenvalue weighted by atomic mass is 19.1. The number of benzene rings is 8. The van der Waals surface area contributed by atoms with E-state index < -0.39 is 23.3 Å². The lowest BCUT2D eigenvalue weighted by Gasteiger charge is -2.32. The second kappa shape index (κ2) is 18.4. The van der Waals surface area contributed by atoms with E-state index in [1.807, 2.05) is 90.7 Å². The lowest BCUT2D eigenvalue weighted by molar-refractivity contribution is 0.0988. The molecule has 11 rings (SSSR count). The Hall–Kier alpha value is -8.76. The predicted octanol–water partition coefficient (Wildman–Crippen LogP) is 16.5. The molecule has 9 aromatic rings. The van der Waals surface area contributed by atoms with Crippen LogP contribution in [-0.4, -0.2) is 21.5 Å². The Morgan fingerprint density at radius 3 is 1.25 bits per heavy atom. The maximum absolute atomic E-state index is 14.6. The van der Waals surface area contributed by atoms with E-state index in [1.165, 1.54) is 24.3 Å². The number of fused-ring (bicyclic) bond motifs is 3. The summed E-state index contributed by atoms with van der Waals surface area (Å²) in [5.74, 6) is -1.96. The number of hydrogen-bond acceptors (Lipinski definition) is 6. The van der Waals surface area contributed by atoms with Gasteiger partial charge in [0.15, 0.2) is 23.2 Å². The maximum atomic E-state index is 14.6. The molecule has 1 aromatic heterocycles. The van der Waals surface area contributed by atoms with Crippen LogP contribution in [0.4, 0.5) is 40.6 Å². The summed E-state index contributed by atoms with van der Waals surface area (Å²) in [7, 11) is 0. The van der Waals surface area contributed by atoms with Crippen LogP contribution in [-0.2, 0) is 0 Å². The first kappa shape index (κ1) is 46.6. The van der Waals surface area contributed by atoms with Crippen molar-refractivity contribution < 1.29 is 27.2 Å². The van der Waals surface area contributed by atoms with Crippen LogP contribution in [0.2, 0.25) is 0 Å². The number of rotatable bonds is 9. The van der Waals surface area contributed by atoms with Gasteiger partial charge in [0.2, 0.25) is 0 Å². The molecular formula is C63H46F4N4O2. The zero-order valence-corrected chi connectivity index (χ0v) is 40.5. The van der Waals surface area contributed by atoms with E-state index in [2.05, 4.69) is 62.9 Å². The first-order valence-electron chi connectivity index (χ1n) is 24.1. The van der Waals surface area contributed by atoms with Gasteiger partial charge in [-0.2, -0.15) is 0 Å². The molecule has 1 aliphatic heterocycles. The van der Waals surface area contributed by atoms with E-state index in [-0.39, 0.29) is 29.0 Å². The fraction of sp³-hybridized carbons (Fsp3) is 0.111. The summed E-state index contributed by atoms with van der Waals surface area (Å²) in [6, 6.07) is 46.6. The van der Waals surface area contributed by atoms with E-state index in [0.717, 1.165) is 56.8 Å². The zero-order valence-electron chi connectivity index (χ0n) is 40.5. The Balaban J connectivity index is 1.24. The lowest BCUT2D eigenvalue weighted by atomic mass is 9.91. The van der Waals surface area contributed by atoms with Crippen molar-refractivity contribution in [2.75, 3.05) is 9.80 Å². The fourth-order valence-electron chi connectivity index (χ4n) is 10.1. The zero-order chi connectivity index (χ0) is 50.8. The molecule has 8 aromatic carbocycles. The van der Waals surface area contributed by atoms with Crippen LogP contribution >= 0.6 is 0 Å². The number of allylic oxidation sites excluding steroid dienone is 3. The van der Waals surface area contributed by atoms with Gasteiger partial charge in [0.25, 0.3) is 0 Å². The van der Waals surface area contributed by atoms with Gasteiger partial charge in [-0.3, -0.25) is 19.4 Å². The highest BCUT2D eigenvalue weighted by Gasteiger charge is 2.42. The van der Waals surface area contributed by atoms with Gasteiger partial charge in [-0.1, -0.05) is 131 Å². The topological polar surface area (TPSA) is 66.4 Å². The summed E-state index contributed by atoms with van der Waals surface area (Å²) in [5, 5.41) is 0. The molecule has 73 heavy (non-hydrogen) atoms. The van der Waals surface area contributed by atoms with Crippen molar-refractivity contribution in [3.05, 3.63) is 238 Å². The predicted molar refractivity (Wildman–Crippen MR) is 282 cm³/mol. The maximum Gasteiger partial charge on any atom is 0.197 e. The lowest BCUT2D eigenvalue weighted by Crippen LogP contribution is -2.25. The van der Waals surface area contributed by atoms with Gasteiger partial charge >= 0.3 is 0 Å². The van der Waals surface area contributed by atoms with Crippen molar-refractivity contribution in [3.8, 4) is 44.5 Å². The van der Waals surface area contributed by atoms with Gasteiger partial charge in [-0.05, 0) is 130 Å². The first-order valence-corrected chi connectivity index (χ1v) is 24.1. The highest BCUT2D eigenvalue weighted by Crippen LogP contribution is 2.56. The molecule has 0 atom stereocenters. The van der Waals surface area contributed by atoms with Crippen molar-refractivity contribution in [1.82, 2.24) is 9.97 Å². The fourth-order valence-corrected chi connectivity index (χ4v) is 10.1. The third-order valence-corrected chi connectivity index (χ3v) is 13.5. The second-order valence-corrected chi connectivity index (χ2v) is 19.1. The number of carbonyl (C=O) groups excluding carboxylic acids is 2. The largest absolute Gasteiger partial charge is 0.288 e. The number of para-hydroxylation sites is 3. The molecule has 0 saturated heterocycles. The Morgan fingerprint density at radius 1 is 0.425 bits per heavy atom. The smallest absolute Gasteiger partial charge is 0.197 e. The molecule has 0 N–H and O–H groups in total. The van der Waals surface area contributed by atoms with E-state index in [4.69, 9.17) is 9.97 Å². The average molecular weight is 967 g/mol. The Kier molecular flexibility index (Phi) is 11.8. The van der Waals surface area contributed by atoms with Crippen LogP contribution in [0, 0.1) is 30.2 Å². The number of halogens is 4. The number of hydrogen-bond donors (Lipinski definition) is 0. The first-order chi connectivity index (χ1) is 35.2. The van der Waals surface area contributed by atoms with E-state index >= 15 is 0 Å². The molecule has 6 nitrogen and oxygen atoms in total. The highest BCUT2D eigenvalue weighted by molar-refractivity contribution is 6.39. The molecule has 10 heteroatoms. The van der Waals surface area contributed by atoms with Crippen LogP contribution in [0.1, 0.15) is 76.9 Å². The quantitative estimate of drug-likeness (QED) is 0.0816. The van der Waals surface area contributed by atoms with Crippen LogP contribution in [0.5, 0.6) is 0 Å². The summed E-state index contributed by atoms with van der Waals surface area (Å²) < 4.78 is 58.3. The molecule has 0 unspecified atom stereocenters. The Labute approximate surface area is 420 Å². The summed E-state index contributed by atoms with van der Waals surface area (Å²) >= 11 is 0. The van der Waals surface area contributed by atoms with Crippen LogP contribution in [0.25, 0.3) is 55.5 Å². The number of anilines is 4. The van der Waals surface area contributed by atoms with Crippen molar-refractivity contribution in [2.24, 2.45) is 0 Å². The normalized spacial score (nSPS) is 13.8. The van der Waals surface area contributed by atoms with Crippen molar-refractivity contribution in [1.29, 1.82) is 0 Å². The molecule has 0 spiro atoms. The van der Waals surface area contributed by atoms with Crippen molar-refractivity contribution in [2.45, 2.75) is 46.5 Å². The van der Waals surface area contributed by atoms with Crippen LogP contribution in [0.3, 0.4) is 0 Å². The van der Waals surface area contributed by atoms with Gasteiger partial charge in [0, 0.05) is 34.4 Å². The molecular weight excluding hydrogens is 921 g/mol. The molecule has 1 aliphatic carbocycles. The molecule has 0 amide bonds. The third kappa shape index (κ3) is 8.38. The summed E-state index contributed by atoms with van der Waals surface area (Å²) in [6.07, 6.45) is 3.41. The van der Waals surface area contributed by atoms with Gasteiger partial charge in [0.05, 0.1) is 28.0 Å². The minimum atomic E-state index is -0.692. The Bertz CT molecular complexity index is 3580. The Morgan fingerprint density at radius 2 is 0.822 bits per heavy atom. The minimum absolute atomic E-state index is 0.00923. The second-order valence-electron chi connectivity index (χ2n) is 19.1. The molecule has 0 bridgehead atoms. The van der Waals surface area contributed by atoms with Crippen molar-refractivity contribution in [3.63, 3.8) is 0 Å². The van der Waals surface area contributed by atoms with Crippen LogP contribution in [0.15, 0.2) is 187 Å². The number of carbonyl (C=O) groups is 2. The monoisotopic (exact) mass is 966 g/mol. The average Bonchev–Trinajstić information content (AvgIpc) is 3.81.